The van der Waals surface area contributed by atoms with E-state index >= 15 is 0 Å². The first-order chi connectivity index (χ1) is 5.41. The van der Waals surface area contributed by atoms with Gasteiger partial charge in [-0.3, -0.25) is 0 Å². The van der Waals surface area contributed by atoms with E-state index in [1.165, 1.54) is 13.3 Å². The average molecular weight is 158 g/mol. The predicted octanol–water partition coefficient (Wildman–Crippen LogP) is 2.62. The normalized spacial score (nSPS) is 5.55. The van der Waals surface area contributed by atoms with Crippen LogP contribution in [0.5, 0.6) is 0 Å². The van der Waals surface area contributed by atoms with Crippen LogP contribution >= 0.6 is 0 Å². The molecule has 0 bridgehead atoms. The molecule has 0 aliphatic carbocycles. The second-order valence-electron chi connectivity index (χ2n) is 0.692. The molecule has 0 unspecified atom stereocenters. The first kappa shape index (κ1) is 22.5. The lowest BCUT2D eigenvalue weighted by Crippen LogP contribution is -1.69. The largest absolute Gasteiger partial charge is 0.333 e. The summed E-state index contributed by atoms with van der Waals surface area (Å²) < 4.78 is 0. The SMILES string of the molecule is C/C=C\C=N.C=C.CC.CN. The Morgan fingerprint density at radius 3 is 1.45 bits per heavy atom. The second-order valence-corrected chi connectivity index (χ2v) is 0.692. The zero-order chi connectivity index (χ0) is 10.1. The quantitative estimate of drug-likeness (QED) is 0.447. The van der Waals surface area contributed by atoms with E-state index in [0.717, 1.165) is 0 Å². The van der Waals surface area contributed by atoms with Crippen LogP contribution in [0.15, 0.2) is 25.3 Å². The summed E-state index contributed by atoms with van der Waals surface area (Å²) in [5, 5.41) is 6.39. The number of rotatable bonds is 1. The summed E-state index contributed by atoms with van der Waals surface area (Å²) in [4.78, 5) is 0. The molecular formula is C9H22N2. The molecule has 68 valence electrons. The van der Waals surface area contributed by atoms with E-state index in [0.29, 0.717) is 0 Å². The van der Waals surface area contributed by atoms with Gasteiger partial charge in [-0.2, -0.15) is 0 Å². The van der Waals surface area contributed by atoms with E-state index in [1.807, 2.05) is 26.8 Å². The van der Waals surface area contributed by atoms with Crippen LogP contribution in [0.4, 0.5) is 0 Å². The third-order valence-corrected chi connectivity index (χ3v) is 0.289. The Labute approximate surface area is 71.3 Å². The smallest absolute Gasteiger partial charge is 0.0174 e. The summed E-state index contributed by atoms with van der Waals surface area (Å²) in [6, 6.07) is 0. The van der Waals surface area contributed by atoms with Gasteiger partial charge in [0.2, 0.25) is 0 Å². The molecule has 0 saturated carbocycles. The molecule has 2 nitrogen and oxygen atoms in total. The number of hydrogen-bond donors (Lipinski definition) is 2. The van der Waals surface area contributed by atoms with Gasteiger partial charge < -0.3 is 11.1 Å². The lowest BCUT2D eigenvalue weighted by molar-refractivity contribution is 1.48. The maximum atomic E-state index is 6.39. The van der Waals surface area contributed by atoms with Crippen molar-refractivity contribution in [2.24, 2.45) is 5.73 Å². The first-order valence-corrected chi connectivity index (χ1v) is 3.61. The molecule has 0 heterocycles. The molecule has 0 spiro atoms. The summed E-state index contributed by atoms with van der Waals surface area (Å²) in [6.45, 7) is 11.9. The molecule has 0 aromatic carbocycles. The van der Waals surface area contributed by atoms with E-state index in [2.05, 4.69) is 18.9 Å². The molecule has 0 saturated heterocycles. The van der Waals surface area contributed by atoms with Crippen molar-refractivity contribution in [2.75, 3.05) is 7.05 Å². The number of allylic oxidation sites excluding steroid dienone is 2. The van der Waals surface area contributed by atoms with Crippen LogP contribution in [0.25, 0.3) is 0 Å². The Morgan fingerprint density at radius 2 is 1.45 bits per heavy atom. The minimum atomic E-state index is 1.25. The van der Waals surface area contributed by atoms with Crippen molar-refractivity contribution >= 4 is 6.21 Å². The highest BCUT2D eigenvalue weighted by Gasteiger charge is 1.43. The van der Waals surface area contributed by atoms with Crippen LogP contribution in [0.1, 0.15) is 20.8 Å². The molecule has 0 radical (unpaired) electrons. The fourth-order valence-corrected chi connectivity index (χ4v) is 0.0962. The number of nitrogens with one attached hydrogen (secondary N) is 1. The second kappa shape index (κ2) is 135. The molecule has 2 heteroatoms. The van der Waals surface area contributed by atoms with Crippen molar-refractivity contribution in [3.63, 3.8) is 0 Å². The maximum absolute atomic E-state index is 6.39. The maximum Gasteiger partial charge on any atom is 0.0174 e. The zero-order valence-corrected chi connectivity index (χ0v) is 8.22. The molecule has 0 fully saturated rings. The van der Waals surface area contributed by atoms with Gasteiger partial charge in [0.1, 0.15) is 0 Å². The van der Waals surface area contributed by atoms with Gasteiger partial charge in [0, 0.05) is 6.21 Å². The average Bonchev–Trinajstić information content (AvgIpc) is 2.16. The fourth-order valence-electron chi connectivity index (χ4n) is 0.0962. The number of nitrogens with two attached hydrogens (primary N) is 1. The van der Waals surface area contributed by atoms with Crippen LogP contribution in [-0.4, -0.2) is 13.3 Å². The topological polar surface area (TPSA) is 49.9 Å². The van der Waals surface area contributed by atoms with E-state index in [4.69, 9.17) is 5.41 Å². The minimum Gasteiger partial charge on any atom is -0.333 e. The molecule has 0 aromatic heterocycles. The van der Waals surface area contributed by atoms with Gasteiger partial charge in [-0.15, -0.1) is 13.2 Å². The first-order valence-electron chi connectivity index (χ1n) is 3.61. The number of hydrogen-bond acceptors (Lipinski definition) is 2. The molecule has 11 heavy (non-hydrogen) atoms. The monoisotopic (exact) mass is 158 g/mol. The molecule has 0 atom stereocenters. The Balaban J connectivity index is -0.0000000350. The third-order valence-electron chi connectivity index (χ3n) is 0.289. The van der Waals surface area contributed by atoms with Gasteiger partial charge in [0.05, 0.1) is 0 Å². The standard InChI is InChI=1S/C4H7N.C2H6.C2H4.CH5N/c1-2-3-4-5;3*1-2/h2-5H,1H3;1-2H3;1-2H2;2H2,1H3/b3-2-,5-4?;;;. The van der Waals surface area contributed by atoms with Crippen LogP contribution < -0.4 is 5.73 Å². The predicted molar refractivity (Wildman–Crippen MR) is 56.3 cm³/mol. The Bertz CT molecular complexity index is 58.6. The summed E-state index contributed by atoms with van der Waals surface area (Å²) in [6.07, 6.45) is 4.73. The van der Waals surface area contributed by atoms with Crippen molar-refractivity contribution in [1.82, 2.24) is 0 Å². The Kier molecular flexibility index (Phi) is 275. The Morgan fingerprint density at radius 1 is 1.18 bits per heavy atom. The van der Waals surface area contributed by atoms with Crippen LogP contribution in [0.2, 0.25) is 0 Å². The highest BCUT2D eigenvalue weighted by atomic mass is 14.4. The molecule has 0 aliphatic rings. The van der Waals surface area contributed by atoms with Crippen LogP contribution in [0, 0.1) is 5.41 Å². The van der Waals surface area contributed by atoms with Crippen molar-refractivity contribution in [3.8, 4) is 0 Å². The van der Waals surface area contributed by atoms with Crippen molar-refractivity contribution in [2.45, 2.75) is 20.8 Å². The summed E-state index contributed by atoms with van der Waals surface area (Å²) in [5.41, 5.74) is 4.50. The van der Waals surface area contributed by atoms with Gasteiger partial charge in [-0.1, -0.05) is 19.9 Å². The highest BCUT2D eigenvalue weighted by Crippen LogP contribution is 1.55. The summed E-state index contributed by atoms with van der Waals surface area (Å²) >= 11 is 0. The van der Waals surface area contributed by atoms with Crippen LogP contribution in [-0.2, 0) is 0 Å². The molecular weight excluding hydrogens is 136 g/mol. The van der Waals surface area contributed by atoms with Gasteiger partial charge in [-0.05, 0) is 20.0 Å². The molecule has 3 N–H and O–H groups in total. The highest BCUT2D eigenvalue weighted by molar-refractivity contribution is 5.67. The summed E-state index contributed by atoms with van der Waals surface area (Å²) in [5.74, 6) is 0. The zero-order valence-electron chi connectivity index (χ0n) is 8.22. The third kappa shape index (κ3) is 374. The molecule has 0 aromatic rings. The van der Waals surface area contributed by atoms with Gasteiger partial charge in [0.25, 0.3) is 0 Å². The summed E-state index contributed by atoms with van der Waals surface area (Å²) in [7, 11) is 1.50. The van der Waals surface area contributed by atoms with Gasteiger partial charge in [0.15, 0.2) is 0 Å². The molecule has 0 rings (SSSR count). The Hall–Kier alpha value is -0.890. The van der Waals surface area contributed by atoms with Crippen molar-refractivity contribution in [3.05, 3.63) is 25.3 Å². The van der Waals surface area contributed by atoms with E-state index < -0.39 is 0 Å². The van der Waals surface area contributed by atoms with Crippen molar-refractivity contribution < 1.29 is 0 Å². The van der Waals surface area contributed by atoms with Crippen molar-refractivity contribution in [1.29, 1.82) is 5.41 Å². The van der Waals surface area contributed by atoms with Gasteiger partial charge in [-0.25, -0.2) is 0 Å². The van der Waals surface area contributed by atoms with Crippen LogP contribution in [0.3, 0.4) is 0 Å². The minimum absolute atomic E-state index is 1.25. The lowest BCUT2D eigenvalue weighted by Gasteiger charge is -1.54. The van der Waals surface area contributed by atoms with E-state index in [1.54, 1.807) is 6.08 Å². The lowest BCUT2D eigenvalue weighted by atomic mass is 10.6. The fraction of sp³-hybridized carbons (Fsp3) is 0.444. The van der Waals surface area contributed by atoms with Gasteiger partial charge >= 0.3 is 0 Å². The molecule has 0 aliphatic heterocycles. The van der Waals surface area contributed by atoms with E-state index in [-0.39, 0.29) is 0 Å². The molecule has 0 amide bonds. The van der Waals surface area contributed by atoms with E-state index in [9.17, 15) is 0 Å².